The molecular formula is C25H31N5O2S. The number of nitrogens with one attached hydrogen (secondary N) is 1. The second-order valence-electron chi connectivity index (χ2n) is 9.44. The maximum absolute atomic E-state index is 12.9. The number of aromatic nitrogens is 2. The quantitative estimate of drug-likeness (QED) is 0.657. The zero-order valence-corrected chi connectivity index (χ0v) is 19.9. The van der Waals surface area contributed by atoms with E-state index in [1.54, 1.807) is 0 Å². The lowest BCUT2D eigenvalue weighted by Gasteiger charge is -2.42. The molecule has 2 N–H and O–H groups in total. The molecule has 7 nitrogen and oxygen atoms in total. The van der Waals surface area contributed by atoms with Gasteiger partial charge in [-0.25, -0.2) is 0 Å². The van der Waals surface area contributed by atoms with Crippen LogP contribution in [0, 0.1) is 12.3 Å². The first-order chi connectivity index (χ1) is 16.0. The summed E-state index contributed by atoms with van der Waals surface area (Å²) in [6.07, 6.45) is 10.4. The van der Waals surface area contributed by atoms with Gasteiger partial charge in [-0.2, -0.15) is 9.97 Å². The normalized spacial score (nSPS) is 22.3. The van der Waals surface area contributed by atoms with E-state index in [0.717, 1.165) is 56.6 Å². The van der Waals surface area contributed by atoms with E-state index in [9.17, 15) is 9.32 Å². The highest BCUT2D eigenvalue weighted by Gasteiger charge is 2.39. The van der Waals surface area contributed by atoms with Crippen LogP contribution in [0.2, 0.25) is 0 Å². The number of hydrogen-bond donors (Lipinski definition) is 2. The lowest BCUT2D eigenvalue weighted by atomic mass is 9.77. The minimum absolute atomic E-state index is 0.0491. The largest absolute Gasteiger partial charge is 0.394 e. The number of nitrogens with zero attached hydrogens (tertiary/aromatic N) is 4. The minimum Gasteiger partial charge on any atom is -0.394 e. The number of aliphatic hydroxyl groups excluding tert-OH is 1. The molecular weight excluding hydrogens is 434 g/mol. The Bertz CT molecular complexity index is 1080. The van der Waals surface area contributed by atoms with Gasteiger partial charge in [0.15, 0.2) is 11.6 Å². The van der Waals surface area contributed by atoms with E-state index in [0.29, 0.717) is 34.9 Å². The fraction of sp³-hybridized carbons (Fsp3) is 0.520. The van der Waals surface area contributed by atoms with Gasteiger partial charge < -0.3 is 20.2 Å². The van der Waals surface area contributed by atoms with Crippen LogP contribution in [0.15, 0.2) is 29.2 Å². The van der Waals surface area contributed by atoms with Crippen LogP contribution < -0.4 is 15.1 Å². The molecule has 3 heterocycles. The maximum atomic E-state index is 12.9. The van der Waals surface area contributed by atoms with Crippen LogP contribution in [0.4, 0.5) is 17.6 Å². The van der Waals surface area contributed by atoms with E-state index in [1.165, 1.54) is 5.56 Å². The van der Waals surface area contributed by atoms with Crippen LogP contribution in [0.25, 0.3) is 0 Å². The number of terminal acetylenes is 1. The first kappa shape index (κ1) is 22.2. The summed E-state index contributed by atoms with van der Waals surface area (Å²) in [6.45, 7) is 2.47. The molecule has 1 aliphatic carbocycles. The van der Waals surface area contributed by atoms with Crippen molar-refractivity contribution in [3.8, 4) is 12.3 Å². The van der Waals surface area contributed by atoms with Gasteiger partial charge >= 0.3 is 0 Å². The lowest BCUT2D eigenvalue weighted by molar-refractivity contribution is 0.143. The third-order valence-electron chi connectivity index (χ3n) is 7.36. The molecule has 3 aliphatic rings. The molecule has 0 spiro atoms. The summed E-state index contributed by atoms with van der Waals surface area (Å²) in [5, 5.41) is 13.5. The van der Waals surface area contributed by atoms with Gasteiger partial charge in [0.05, 0.1) is 22.9 Å². The predicted molar refractivity (Wildman–Crippen MR) is 132 cm³/mol. The molecule has 8 heteroatoms. The van der Waals surface area contributed by atoms with Gasteiger partial charge in [-0.1, -0.05) is 18.1 Å². The Morgan fingerprint density at radius 1 is 1.21 bits per heavy atom. The monoisotopic (exact) mass is 465 g/mol. The minimum atomic E-state index is -1.15. The Labute approximate surface area is 198 Å². The molecule has 5 rings (SSSR count). The van der Waals surface area contributed by atoms with Crippen LogP contribution in [0.3, 0.4) is 0 Å². The molecule has 2 aromatic rings. The summed E-state index contributed by atoms with van der Waals surface area (Å²) in [5.41, 5.74) is 1.87. The molecule has 1 unspecified atom stereocenters. The average molecular weight is 466 g/mol. The molecule has 0 amide bonds. The molecule has 1 atom stereocenters. The number of anilines is 3. The Morgan fingerprint density at radius 2 is 1.94 bits per heavy atom. The number of fused-ring (bicyclic) bond motifs is 1. The topological polar surface area (TPSA) is 81.6 Å². The van der Waals surface area contributed by atoms with Gasteiger partial charge in [0.2, 0.25) is 5.95 Å². The van der Waals surface area contributed by atoms with Gasteiger partial charge in [0.1, 0.15) is 4.90 Å². The highest BCUT2D eigenvalue weighted by molar-refractivity contribution is 7.85. The molecule has 2 fully saturated rings. The van der Waals surface area contributed by atoms with Gasteiger partial charge in [-0.15, -0.1) is 6.42 Å². The number of benzene rings is 1. The van der Waals surface area contributed by atoms with E-state index in [-0.39, 0.29) is 12.1 Å². The van der Waals surface area contributed by atoms with Gasteiger partial charge in [0.25, 0.3) is 0 Å². The second kappa shape index (κ2) is 8.96. The first-order valence-electron chi connectivity index (χ1n) is 11.7. The third-order valence-corrected chi connectivity index (χ3v) is 8.75. The first-order valence-corrected chi connectivity index (χ1v) is 13.1. The molecule has 33 heavy (non-hydrogen) atoms. The van der Waals surface area contributed by atoms with Crippen molar-refractivity contribution in [2.45, 2.75) is 48.5 Å². The van der Waals surface area contributed by atoms with E-state index >= 15 is 0 Å². The van der Waals surface area contributed by atoms with Crippen molar-refractivity contribution < 1.29 is 9.32 Å². The van der Waals surface area contributed by atoms with E-state index < -0.39 is 10.8 Å². The molecule has 1 aromatic heterocycles. The van der Waals surface area contributed by atoms with Gasteiger partial charge in [-0.3, -0.25) is 4.21 Å². The Hall–Kier alpha value is -2.63. The molecule has 0 radical (unpaired) electrons. The zero-order valence-electron chi connectivity index (χ0n) is 19.1. The zero-order chi connectivity index (χ0) is 23.0. The maximum Gasteiger partial charge on any atom is 0.229 e. The van der Waals surface area contributed by atoms with Crippen molar-refractivity contribution in [1.29, 1.82) is 0 Å². The van der Waals surface area contributed by atoms with Crippen molar-refractivity contribution >= 4 is 28.4 Å². The molecule has 0 bridgehead atoms. The average Bonchev–Trinajstić information content (AvgIpc) is 2.83. The molecule has 1 aromatic carbocycles. The van der Waals surface area contributed by atoms with Gasteiger partial charge in [0, 0.05) is 38.0 Å². The summed E-state index contributed by atoms with van der Waals surface area (Å²) in [4.78, 5) is 14.7. The Morgan fingerprint density at radius 3 is 2.55 bits per heavy atom. The van der Waals surface area contributed by atoms with Crippen molar-refractivity contribution in [1.82, 2.24) is 9.97 Å². The third kappa shape index (κ3) is 4.20. The van der Waals surface area contributed by atoms with Crippen molar-refractivity contribution in [3.05, 3.63) is 35.4 Å². The van der Waals surface area contributed by atoms with Crippen molar-refractivity contribution in [2.24, 2.45) is 0 Å². The van der Waals surface area contributed by atoms with Crippen LogP contribution >= 0.6 is 0 Å². The molecule has 2 aliphatic heterocycles. The number of piperidine rings is 1. The van der Waals surface area contributed by atoms with Crippen molar-refractivity contribution in [2.75, 3.05) is 54.2 Å². The highest BCUT2D eigenvalue weighted by atomic mass is 32.2. The Balaban J connectivity index is 1.40. The van der Waals surface area contributed by atoms with E-state index in [4.69, 9.17) is 16.4 Å². The van der Waals surface area contributed by atoms with Gasteiger partial charge in [-0.05, 0) is 55.7 Å². The fourth-order valence-electron chi connectivity index (χ4n) is 4.99. The van der Waals surface area contributed by atoms with Crippen LogP contribution in [0.1, 0.15) is 49.1 Å². The predicted octanol–water partition coefficient (Wildman–Crippen LogP) is 2.73. The number of aliphatic hydroxyl groups is 1. The molecule has 174 valence electrons. The number of hydrogen-bond acceptors (Lipinski definition) is 7. The summed E-state index contributed by atoms with van der Waals surface area (Å²) in [5.74, 6) is 5.78. The van der Waals surface area contributed by atoms with Crippen LogP contribution in [-0.4, -0.2) is 63.9 Å². The SMILES string of the molecule is C#Cc1ccc(C2CCN(c3nc(NC4(CO)CCC4)c4c(n3)N(C)CCS4=O)CC2)cc1. The number of rotatable bonds is 5. The lowest BCUT2D eigenvalue weighted by Crippen LogP contribution is -2.49. The molecule has 1 saturated heterocycles. The van der Waals surface area contributed by atoms with Crippen molar-refractivity contribution in [3.63, 3.8) is 0 Å². The smallest absolute Gasteiger partial charge is 0.229 e. The summed E-state index contributed by atoms with van der Waals surface area (Å²) in [6, 6.07) is 8.31. The summed E-state index contributed by atoms with van der Waals surface area (Å²) < 4.78 is 12.9. The van der Waals surface area contributed by atoms with E-state index in [1.807, 2.05) is 19.2 Å². The summed E-state index contributed by atoms with van der Waals surface area (Å²) >= 11 is 0. The van der Waals surface area contributed by atoms with Crippen LogP contribution in [0.5, 0.6) is 0 Å². The van der Waals surface area contributed by atoms with Crippen LogP contribution in [-0.2, 0) is 10.8 Å². The summed E-state index contributed by atoms with van der Waals surface area (Å²) in [7, 11) is 0.841. The fourth-order valence-corrected chi connectivity index (χ4v) is 6.35. The standard InChI is InChI=1S/C25H31N5O2S/c1-3-18-5-7-19(8-6-18)20-9-13-30(14-10-20)24-26-22(28-25(17-31)11-4-12-25)21-23(27-24)29(2)15-16-33(21)32/h1,5-8,20,31H,4,9-17H2,2H3,(H,26,27,28). The second-order valence-corrected chi connectivity index (χ2v) is 10.9. The highest BCUT2D eigenvalue weighted by Crippen LogP contribution is 2.40. The Kier molecular flexibility index (Phi) is 6.02. The molecule has 1 saturated carbocycles. The van der Waals surface area contributed by atoms with E-state index in [2.05, 4.69) is 33.2 Å².